The number of benzene rings is 2. The fraction of sp³-hybridized carbons (Fsp3) is 0.308. The third-order valence-corrected chi connectivity index (χ3v) is 7.46. The normalized spacial score (nSPS) is 22.9. The number of ether oxygens (including phenoxy) is 1. The van der Waals surface area contributed by atoms with Gasteiger partial charge in [0.1, 0.15) is 16.6 Å². The number of amides is 1. The van der Waals surface area contributed by atoms with Crippen molar-refractivity contribution in [2.75, 3.05) is 18.6 Å². The van der Waals surface area contributed by atoms with Gasteiger partial charge in [-0.1, -0.05) is 24.3 Å². The van der Waals surface area contributed by atoms with Crippen molar-refractivity contribution in [3.63, 3.8) is 0 Å². The van der Waals surface area contributed by atoms with Crippen molar-refractivity contribution >= 4 is 22.9 Å². The summed E-state index contributed by atoms with van der Waals surface area (Å²) in [6, 6.07) is 14.5. The molecule has 0 N–H and O–H groups in total. The number of hydrogen-bond donors (Lipinski definition) is 0. The molecule has 33 heavy (non-hydrogen) atoms. The SMILES string of the molecule is COc1cccc(-c2csc(CN3CCC4(C=CC(=O)N4c4cccc(F)c4)CC3C)n2)c1. The maximum absolute atomic E-state index is 13.9. The number of aromatic nitrogens is 1. The minimum Gasteiger partial charge on any atom is -0.497 e. The molecule has 5 rings (SSSR count). The van der Waals surface area contributed by atoms with Crippen molar-refractivity contribution < 1.29 is 13.9 Å². The Morgan fingerprint density at radius 1 is 1.24 bits per heavy atom. The van der Waals surface area contributed by atoms with Crippen LogP contribution in [0.1, 0.15) is 24.8 Å². The highest BCUT2D eigenvalue weighted by molar-refractivity contribution is 7.09. The van der Waals surface area contributed by atoms with E-state index < -0.39 is 5.54 Å². The molecule has 0 bridgehead atoms. The van der Waals surface area contributed by atoms with Gasteiger partial charge in [0.2, 0.25) is 0 Å². The summed E-state index contributed by atoms with van der Waals surface area (Å²) in [5, 5.41) is 3.15. The van der Waals surface area contributed by atoms with Gasteiger partial charge in [0, 0.05) is 35.3 Å². The van der Waals surface area contributed by atoms with Gasteiger partial charge in [-0.25, -0.2) is 9.37 Å². The van der Waals surface area contributed by atoms with E-state index in [1.807, 2.05) is 36.4 Å². The molecule has 0 aliphatic carbocycles. The lowest BCUT2D eigenvalue weighted by molar-refractivity contribution is -0.114. The molecule has 2 unspecified atom stereocenters. The van der Waals surface area contributed by atoms with Crippen molar-refractivity contribution in [1.82, 2.24) is 9.88 Å². The van der Waals surface area contributed by atoms with Crippen molar-refractivity contribution in [2.45, 2.75) is 37.9 Å². The van der Waals surface area contributed by atoms with Crippen molar-refractivity contribution in [1.29, 1.82) is 0 Å². The Hall–Kier alpha value is -3.03. The average molecular weight is 464 g/mol. The Morgan fingerprint density at radius 3 is 2.88 bits per heavy atom. The van der Waals surface area contributed by atoms with Crippen molar-refractivity contribution in [3.05, 3.63) is 76.9 Å². The Morgan fingerprint density at radius 2 is 2.09 bits per heavy atom. The maximum atomic E-state index is 13.9. The molecule has 3 heterocycles. The Kier molecular flexibility index (Phi) is 5.76. The van der Waals surface area contributed by atoms with Crippen LogP contribution < -0.4 is 9.64 Å². The quantitative estimate of drug-likeness (QED) is 0.516. The van der Waals surface area contributed by atoms with Gasteiger partial charge in [0.15, 0.2) is 0 Å². The van der Waals surface area contributed by atoms with Gasteiger partial charge in [-0.05, 0) is 50.1 Å². The second-order valence-corrected chi connectivity index (χ2v) is 9.67. The molecular formula is C26H26FN3O2S. The van der Waals surface area contributed by atoms with Crippen LogP contribution in [0.15, 0.2) is 66.1 Å². The first-order valence-corrected chi connectivity index (χ1v) is 12.0. The molecule has 7 heteroatoms. The number of halogens is 1. The summed E-state index contributed by atoms with van der Waals surface area (Å²) in [6.45, 7) is 3.79. The topological polar surface area (TPSA) is 45.7 Å². The summed E-state index contributed by atoms with van der Waals surface area (Å²) >= 11 is 1.66. The first-order valence-electron chi connectivity index (χ1n) is 11.1. The van der Waals surface area contributed by atoms with E-state index in [0.717, 1.165) is 47.9 Å². The maximum Gasteiger partial charge on any atom is 0.251 e. The number of hydrogen-bond acceptors (Lipinski definition) is 5. The molecule has 5 nitrogen and oxygen atoms in total. The van der Waals surface area contributed by atoms with E-state index in [0.29, 0.717) is 5.69 Å². The van der Waals surface area contributed by atoms with Gasteiger partial charge in [-0.15, -0.1) is 11.3 Å². The molecule has 1 saturated heterocycles. The zero-order valence-electron chi connectivity index (χ0n) is 18.7. The molecule has 2 aromatic carbocycles. The lowest BCUT2D eigenvalue weighted by atomic mass is 9.83. The Labute approximate surface area is 197 Å². The summed E-state index contributed by atoms with van der Waals surface area (Å²) in [5.74, 6) is 0.409. The molecule has 0 saturated carbocycles. The number of nitrogens with zero attached hydrogens (tertiary/aromatic N) is 3. The summed E-state index contributed by atoms with van der Waals surface area (Å²) in [5.41, 5.74) is 2.21. The van der Waals surface area contributed by atoms with Crippen LogP contribution in [0.5, 0.6) is 5.75 Å². The molecule has 2 aliphatic rings. The molecule has 1 amide bonds. The molecule has 2 atom stereocenters. The lowest BCUT2D eigenvalue weighted by Crippen LogP contribution is -2.56. The van der Waals surface area contributed by atoms with Gasteiger partial charge in [0.05, 0.1) is 24.9 Å². The average Bonchev–Trinajstić information content (AvgIpc) is 3.40. The van der Waals surface area contributed by atoms with E-state index in [2.05, 4.69) is 17.2 Å². The molecule has 1 spiro atoms. The number of methoxy groups -OCH3 is 1. The van der Waals surface area contributed by atoms with Gasteiger partial charge in [0.25, 0.3) is 5.91 Å². The van der Waals surface area contributed by atoms with Crippen LogP contribution in [0, 0.1) is 5.82 Å². The first kappa shape index (κ1) is 21.8. The predicted molar refractivity (Wildman–Crippen MR) is 129 cm³/mol. The Bertz CT molecular complexity index is 1210. The number of carbonyl (C=O) groups is 1. The summed E-state index contributed by atoms with van der Waals surface area (Å²) in [4.78, 5) is 21.8. The third kappa shape index (κ3) is 4.18. The minimum absolute atomic E-state index is 0.0795. The number of carbonyl (C=O) groups excluding carboxylic acids is 1. The van der Waals surface area contributed by atoms with Gasteiger partial charge in [-0.3, -0.25) is 14.6 Å². The zero-order valence-corrected chi connectivity index (χ0v) is 19.5. The molecule has 3 aromatic rings. The number of rotatable bonds is 5. The van der Waals surface area contributed by atoms with Crippen LogP contribution >= 0.6 is 11.3 Å². The van der Waals surface area contributed by atoms with Crippen LogP contribution in [0.4, 0.5) is 10.1 Å². The lowest BCUT2D eigenvalue weighted by Gasteiger charge is -2.47. The number of piperidine rings is 1. The minimum atomic E-state index is -0.407. The molecular weight excluding hydrogens is 437 g/mol. The molecule has 1 fully saturated rings. The molecule has 0 radical (unpaired) electrons. The Balaban J connectivity index is 1.31. The van der Waals surface area contributed by atoms with Gasteiger partial charge < -0.3 is 4.74 Å². The molecule has 2 aliphatic heterocycles. The van der Waals surface area contributed by atoms with Crippen molar-refractivity contribution in [3.8, 4) is 17.0 Å². The zero-order chi connectivity index (χ0) is 23.0. The number of likely N-dealkylation sites (tertiary alicyclic amines) is 1. The van der Waals surface area contributed by atoms with E-state index >= 15 is 0 Å². The fourth-order valence-electron chi connectivity index (χ4n) is 4.96. The fourth-order valence-corrected chi connectivity index (χ4v) is 5.78. The van der Waals surface area contributed by atoms with Gasteiger partial charge >= 0.3 is 0 Å². The van der Waals surface area contributed by atoms with Gasteiger partial charge in [-0.2, -0.15) is 0 Å². The summed E-state index contributed by atoms with van der Waals surface area (Å²) in [6.07, 6.45) is 5.23. The van der Waals surface area contributed by atoms with E-state index in [-0.39, 0.29) is 17.8 Å². The molecule has 1 aromatic heterocycles. The highest BCUT2D eigenvalue weighted by Gasteiger charge is 2.46. The number of anilines is 1. The smallest absolute Gasteiger partial charge is 0.251 e. The van der Waals surface area contributed by atoms with Crippen LogP contribution in [-0.4, -0.2) is 41.0 Å². The van der Waals surface area contributed by atoms with Crippen LogP contribution in [0.3, 0.4) is 0 Å². The van der Waals surface area contributed by atoms with Crippen molar-refractivity contribution in [2.24, 2.45) is 0 Å². The molecule has 170 valence electrons. The highest BCUT2D eigenvalue weighted by Crippen LogP contribution is 2.41. The van der Waals surface area contributed by atoms with Crippen LogP contribution in [0.25, 0.3) is 11.3 Å². The second-order valence-electron chi connectivity index (χ2n) is 8.72. The monoisotopic (exact) mass is 463 g/mol. The summed E-state index contributed by atoms with van der Waals surface area (Å²) < 4.78 is 19.2. The third-order valence-electron chi connectivity index (χ3n) is 6.63. The largest absolute Gasteiger partial charge is 0.497 e. The first-order chi connectivity index (χ1) is 16.0. The van der Waals surface area contributed by atoms with Crippen LogP contribution in [0.2, 0.25) is 0 Å². The number of thiazole rings is 1. The van der Waals surface area contributed by atoms with E-state index in [4.69, 9.17) is 9.72 Å². The van der Waals surface area contributed by atoms with Crippen LogP contribution in [-0.2, 0) is 11.3 Å². The van der Waals surface area contributed by atoms with E-state index in [9.17, 15) is 9.18 Å². The highest BCUT2D eigenvalue weighted by atomic mass is 32.1. The van der Waals surface area contributed by atoms with E-state index in [1.54, 1.807) is 35.5 Å². The standard InChI is InChI=1S/C26H26FN3O2S/c1-18-15-26(10-9-25(31)30(26)21-7-4-6-20(27)14-21)11-12-29(18)16-24-28-23(17-33-24)19-5-3-8-22(13-19)32-2/h3-10,13-14,17-18H,11-12,15-16H2,1-2H3. The summed E-state index contributed by atoms with van der Waals surface area (Å²) in [7, 11) is 1.67. The van der Waals surface area contributed by atoms with E-state index in [1.165, 1.54) is 12.1 Å². The second kappa shape index (κ2) is 8.72. The predicted octanol–water partition coefficient (Wildman–Crippen LogP) is 5.28.